The van der Waals surface area contributed by atoms with Crippen LogP contribution in [0.15, 0.2) is 60.9 Å². The predicted octanol–water partition coefficient (Wildman–Crippen LogP) is 3.62. The number of fused-ring (bicyclic) bond motifs is 1. The summed E-state index contributed by atoms with van der Waals surface area (Å²) in [6.45, 7) is 2.70. The van der Waals surface area contributed by atoms with Crippen molar-refractivity contribution >= 4 is 17.5 Å². The number of aryl methyl sites for hydroxylation is 1. The SMILES string of the molecule is COc1cc(Cc2cnc(N)nc2N)cc(C(=O)/C=C/N2CCc3ccccc3C2c2cc(C)n[nH]2)c1OC. The van der Waals surface area contributed by atoms with Gasteiger partial charge in [0.15, 0.2) is 17.3 Å². The number of nitrogen functional groups attached to an aromatic ring is 2. The molecule has 1 aliphatic heterocycles. The Labute approximate surface area is 226 Å². The first kappa shape index (κ1) is 25.8. The molecule has 1 atom stereocenters. The molecule has 10 heteroatoms. The maximum atomic E-state index is 13.6. The number of carbonyl (C=O) groups excluding carboxylic acids is 1. The molecule has 2 aromatic carbocycles. The van der Waals surface area contributed by atoms with Crippen LogP contribution in [0.1, 0.15) is 50.0 Å². The fourth-order valence-corrected chi connectivity index (χ4v) is 5.03. The van der Waals surface area contributed by atoms with Crippen molar-refractivity contribution in [3.63, 3.8) is 0 Å². The lowest BCUT2D eigenvalue weighted by molar-refractivity contribution is 0.104. The zero-order valence-electron chi connectivity index (χ0n) is 22.1. The lowest BCUT2D eigenvalue weighted by Gasteiger charge is -2.36. The molecule has 0 saturated heterocycles. The average Bonchev–Trinajstić information content (AvgIpc) is 3.37. The van der Waals surface area contributed by atoms with Gasteiger partial charge in [0.25, 0.3) is 0 Å². The van der Waals surface area contributed by atoms with E-state index < -0.39 is 0 Å². The molecule has 200 valence electrons. The number of benzene rings is 2. The molecule has 0 fully saturated rings. The number of ether oxygens (including phenoxy) is 2. The summed E-state index contributed by atoms with van der Waals surface area (Å²) in [4.78, 5) is 23.8. The van der Waals surface area contributed by atoms with Crippen LogP contribution < -0.4 is 20.9 Å². The minimum absolute atomic E-state index is 0.0866. The summed E-state index contributed by atoms with van der Waals surface area (Å²) < 4.78 is 11.2. The Hall–Kier alpha value is -4.86. The van der Waals surface area contributed by atoms with Crippen LogP contribution in [0.25, 0.3) is 0 Å². The van der Waals surface area contributed by atoms with Crippen molar-refractivity contribution in [2.24, 2.45) is 0 Å². The molecule has 3 heterocycles. The fraction of sp³-hybridized carbons (Fsp3) is 0.241. The van der Waals surface area contributed by atoms with E-state index in [4.69, 9.17) is 20.9 Å². The van der Waals surface area contributed by atoms with Gasteiger partial charge in [-0.05, 0) is 48.2 Å². The Balaban J connectivity index is 1.48. The van der Waals surface area contributed by atoms with E-state index in [9.17, 15) is 4.79 Å². The lowest BCUT2D eigenvalue weighted by Crippen LogP contribution is -2.32. The van der Waals surface area contributed by atoms with Crippen LogP contribution in [0.4, 0.5) is 11.8 Å². The van der Waals surface area contributed by atoms with Crippen molar-refractivity contribution in [3.05, 3.63) is 100 Å². The van der Waals surface area contributed by atoms with Crippen LogP contribution in [-0.4, -0.2) is 51.6 Å². The highest BCUT2D eigenvalue weighted by Crippen LogP contribution is 2.36. The van der Waals surface area contributed by atoms with E-state index in [1.165, 1.54) is 25.3 Å². The van der Waals surface area contributed by atoms with E-state index in [0.29, 0.717) is 29.0 Å². The number of nitrogens with zero attached hydrogens (tertiary/aromatic N) is 4. The first-order chi connectivity index (χ1) is 18.9. The number of anilines is 2. The van der Waals surface area contributed by atoms with Crippen LogP contribution in [-0.2, 0) is 12.8 Å². The molecule has 0 aliphatic carbocycles. The van der Waals surface area contributed by atoms with Gasteiger partial charge >= 0.3 is 0 Å². The van der Waals surface area contributed by atoms with Crippen LogP contribution >= 0.6 is 0 Å². The molecule has 4 aromatic rings. The predicted molar refractivity (Wildman–Crippen MR) is 149 cm³/mol. The Morgan fingerprint density at radius 1 is 1.18 bits per heavy atom. The van der Waals surface area contributed by atoms with Crippen LogP contribution in [0.3, 0.4) is 0 Å². The molecule has 0 amide bonds. The van der Waals surface area contributed by atoms with E-state index in [1.54, 1.807) is 18.3 Å². The number of hydrogen-bond acceptors (Lipinski definition) is 9. The highest BCUT2D eigenvalue weighted by atomic mass is 16.5. The topological polar surface area (TPSA) is 145 Å². The number of carbonyl (C=O) groups is 1. The summed E-state index contributed by atoms with van der Waals surface area (Å²) in [6, 6.07) is 13.9. The smallest absolute Gasteiger partial charge is 0.221 e. The maximum absolute atomic E-state index is 13.6. The molecular formula is C29H31N7O3. The Morgan fingerprint density at radius 2 is 2.00 bits per heavy atom. The highest BCUT2D eigenvalue weighted by molar-refractivity contribution is 6.07. The van der Waals surface area contributed by atoms with Crippen LogP contribution in [0.5, 0.6) is 11.5 Å². The van der Waals surface area contributed by atoms with E-state index in [-0.39, 0.29) is 23.6 Å². The molecule has 39 heavy (non-hydrogen) atoms. The van der Waals surface area contributed by atoms with Gasteiger partial charge < -0.3 is 25.8 Å². The number of nitrogens with two attached hydrogens (primary N) is 2. The largest absolute Gasteiger partial charge is 0.493 e. The van der Waals surface area contributed by atoms with Gasteiger partial charge in [0, 0.05) is 37.0 Å². The molecule has 10 nitrogen and oxygen atoms in total. The second kappa shape index (κ2) is 10.9. The molecular weight excluding hydrogens is 494 g/mol. The third-order valence-electron chi connectivity index (χ3n) is 6.87. The molecule has 1 aliphatic rings. The Morgan fingerprint density at radius 3 is 2.72 bits per heavy atom. The zero-order chi connectivity index (χ0) is 27.5. The Bertz CT molecular complexity index is 1550. The third-order valence-corrected chi connectivity index (χ3v) is 6.87. The van der Waals surface area contributed by atoms with Crippen molar-refractivity contribution in [2.75, 3.05) is 32.2 Å². The average molecular weight is 526 g/mol. The molecule has 0 saturated carbocycles. The lowest BCUT2D eigenvalue weighted by atomic mass is 9.91. The van der Waals surface area contributed by atoms with Gasteiger partial charge in [-0.15, -0.1) is 0 Å². The van der Waals surface area contributed by atoms with Crippen LogP contribution in [0.2, 0.25) is 0 Å². The van der Waals surface area contributed by atoms with Gasteiger partial charge in [-0.25, -0.2) is 4.98 Å². The standard InChI is InChI=1S/C29H31N7O3/c1-17-12-23(35-34-17)26-21-7-5-4-6-19(21)8-10-36(26)11-9-24(37)22-14-18(15-25(38-2)27(22)39-3)13-20-16-32-29(31)33-28(20)30/h4-7,9,11-12,14-16,26H,8,10,13H2,1-3H3,(H,34,35)(H4,30,31,32,33)/b11-9+. The molecule has 2 aromatic heterocycles. The minimum atomic E-state index is -0.216. The summed E-state index contributed by atoms with van der Waals surface area (Å²) in [6.07, 6.45) is 6.27. The van der Waals surface area contributed by atoms with Gasteiger partial charge in [-0.1, -0.05) is 24.3 Å². The van der Waals surface area contributed by atoms with Crippen molar-refractivity contribution in [1.29, 1.82) is 0 Å². The zero-order valence-corrected chi connectivity index (χ0v) is 22.1. The van der Waals surface area contributed by atoms with Crippen molar-refractivity contribution in [3.8, 4) is 11.5 Å². The second-order valence-electron chi connectivity index (χ2n) is 9.43. The number of hydrogen-bond donors (Lipinski definition) is 3. The van der Waals surface area contributed by atoms with Crippen molar-refractivity contribution in [1.82, 2.24) is 25.1 Å². The molecule has 0 radical (unpaired) electrons. The summed E-state index contributed by atoms with van der Waals surface area (Å²) in [7, 11) is 3.05. The Kier molecular flexibility index (Phi) is 7.18. The van der Waals surface area contributed by atoms with Gasteiger partial charge in [-0.2, -0.15) is 10.1 Å². The van der Waals surface area contributed by atoms with E-state index in [1.807, 2.05) is 31.3 Å². The second-order valence-corrected chi connectivity index (χ2v) is 9.43. The first-order valence-corrected chi connectivity index (χ1v) is 12.6. The van der Waals surface area contributed by atoms with E-state index in [0.717, 1.165) is 29.9 Å². The summed E-state index contributed by atoms with van der Waals surface area (Å²) in [5, 5.41) is 7.50. The minimum Gasteiger partial charge on any atom is -0.493 e. The number of methoxy groups -OCH3 is 2. The maximum Gasteiger partial charge on any atom is 0.221 e. The van der Waals surface area contributed by atoms with Crippen LogP contribution in [0, 0.1) is 6.92 Å². The quantitative estimate of drug-likeness (QED) is 0.232. The number of aromatic nitrogens is 4. The van der Waals surface area contributed by atoms with E-state index in [2.05, 4.69) is 43.3 Å². The van der Waals surface area contributed by atoms with Crippen molar-refractivity contribution < 1.29 is 14.3 Å². The number of allylic oxidation sites excluding steroid dienone is 1. The molecule has 0 spiro atoms. The van der Waals surface area contributed by atoms with Gasteiger partial charge in [0.1, 0.15) is 5.82 Å². The summed E-state index contributed by atoms with van der Waals surface area (Å²) in [5.41, 5.74) is 17.9. The molecule has 5 N–H and O–H groups in total. The fourth-order valence-electron chi connectivity index (χ4n) is 5.03. The van der Waals surface area contributed by atoms with Gasteiger partial charge in [0.2, 0.25) is 5.95 Å². The number of nitrogens with one attached hydrogen (secondary N) is 1. The van der Waals surface area contributed by atoms with Gasteiger partial charge in [0.05, 0.1) is 37.2 Å². The number of aromatic amines is 1. The molecule has 1 unspecified atom stereocenters. The first-order valence-electron chi connectivity index (χ1n) is 12.6. The summed E-state index contributed by atoms with van der Waals surface area (Å²) >= 11 is 0. The number of ketones is 1. The highest BCUT2D eigenvalue weighted by Gasteiger charge is 2.28. The third kappa shape index (κ3) is 5.26. The number of H-pyrrole nitrogens is 1. The monoisotopic (exact) mass is 525 g/mol. The van der Waals surface area contributed by atoms with Crippen molar-refractivity contribution in [2.45, 2.75) is 25.8 Å². The molecule has 5 rings (SSSR count). The normalized spacial score (nSPS) is 14.8. The number of rotatable bonds is 8. The molecule has 0 bridgehead atoms. The van der Waals surface area contributed by atoms with Gasteiger partial charge in [-0.3, -0.25) is 9.89 Å². The van der Waals surface area contributed by atoms with E-state index >= 15 is 0 Å². The summed E-state index contributed by atoms with van der Waals surface area (Å²) in [5.74, 6) is 0.984.